The van der Waals surface area contributed by atoms with Crippen LogP contribution in [0.5, 0.6) is 0 Å². The Labute approximate surface area is 170 Å². The van der Waals surface area contributed by atoms with Gasteiger partial charge in [0.25, 0.3) is 5.91 Å². The molecule has 1 heterocycles. The van der Waals surface area contributed by atoms with Gasteiger partial charge in [-0.15, -0.1) is 0 Å². The largest absolute Gasteiger partial charge is 0.371 e. The van der Waals surface area contributed by atoms with Crippen molar-refractivity contribution in [3.8, 4) is 0 Å². The first-order valence-corrected chi connectivity index (χ1v) is 9.71. The summed E-state index contributed by atoms with van der Waals surface area (Å²) in [5.41, 5.74) is 1.71. The third-order valence-electron chi connectivity index (χ3n) is 5.33. The second-order valence-corrected chi connectivity index (χ2v) is 7.12. The van der Waals surface area contributed by atoms with E-state index in [2.05, 4.69) is 5.32 Å². The fourth-order valence-corrected chi connectivity index (χ4v) is 3.65. The summed E-state index contributed by atoms with van der Waals surface area (Å²) in [6, 6.07) is 4.35. The van der Waals surface area contributed by atoms with Gasteiger partial charge in [-0.2, -0.15) is 0 Å². The molecule has 2 rings (SSSR count). The molecule has 1 aliphatic heterocycles. The normalized spacial score (nSPS) is 15.3. The maximum Gasteiger partial charge on any atom is 0.263 e. The van der Waals surface area contributed by atoms with Crippen molar-refractivity contribution in [2.45, 2.75) is 38.6 Å². The van der Waals surface area contributed by atoms with E-state index < -0.39 is 17.9 Å². The SMILES string of the molecule is CNC(=O)C(CCC=O)N(C=O)C(=O)c1c(C)cccc1N1CCC(C=O)CC1. The zero-order valence-electron chi connectivity index (χ0n) is 16.8. The predicted octanol–water partition coefficient (Wildman–Crippen LogP) is 1.10. The number of nitrogens with one attached hydrogen (secondary N) is 1. The molecule has 1 fully saturated rings. The number of piperidine rings is 1. The van der Waals surface area contributed by atoms with Crippen LogP contribution in [0.2, 0.25) is 0 Å². The zero-order chi connectivity index (χ0) is 21.4. The summed E-state index contributed by atoms with van der Waals surface area (Å²) in [5.74, 6) is -1.07. The fraction of sp³-hybridized carbons (Fsp3) is 0.476. The number of benzene rings is 1. The molecule has 1 atom stereocenters. The van der Waals surface area contributed by atoms with Crippen molar-refractivity contribution in [2.75, 3.05) is 25.0 Å². The lowest BCUT2D eigenvalue weighted by molar-refractivity contribution is -0.131. The Morgan fingerprint density at radius 3 is 2.48 bits per heavy atom. The van der Waals surface area contributed by atoms with E-state index in [0.29, 0.717) is 55.4 Å². The van der Waals surface area contributed by atoms with E-state index in [1.165, 1.54) is 7.05 Å². The third-order valence-corrected chi connectivity index (χ3v) is 5.33. The number of anilines is 1. The van der Waals surface area contributed by atoms with E-state index in [1.54, 1.807) is 13.0 Å². The van der Waals surface area contributed by atoms with Crippen molar-refractivity contribution in [1.29, 1.82) is 0 Å². The van der Waals surface area contributed by atoms with E-state index in [-0.39, 0.29) is 18.8 Å². The standard InChI is InChI=1S/C21H27N3O5/c1-15-5-3-6-17(23-10-8-16(13-26)9-11-23)19(15)21(29)24(14-27)18(7-4-12-25)20(28)22-2/h3,5-6,12-14,16,18H,4,7-11H2,1-2H3,(H,22,28). The summed E-state index contributed by atoms with van der Waals surface area (Å²) in [4.78, 5) is 62.1. The average molecular weight is 401 g/mol. The molecule has 29 heavy (non-hydrogen) atoms. The topological polar surface area (TPSA) is 104 Å². The number of carbonyl (C=O) groups is 5. The van der Waals surface area contributed by atoms with Gasteiger partial charge in [0, 0.05) is 38.2 Å². The Bertz CT molecular complexity index is 772. The molecule has 0 spiro atoms. The molecule has 3 amide bonds. The molecule has 0 aliphatic carbocycles. The fourth-order valence-electron chi connectivity index (χ4n) is 3.65. The molecule has 1 aliphatic rings. The number of imide groups is 1. The summed E-state index contributed by atoms with van der Waals surface area (Å²) >= 11 is 0. The van der Waals surface area contributed by atoms with E-state index in [4.69, 9.17) is 0 Å². The average Bonchev–Trinajstić information content (AvgIpc) is 2.75. The molecule has 0 saturated carbocycles. The summed E-state index contributed by atoms with van der Waals surface area (Å²) in [6.07, 6.45) is 3.47. The van der Waals surface area contributed by atoms with E-state index >= 15 is 0 Å². The Morgan fingerprint density at radius 1 is 1.24 bits per heavy atom. The number of hydrogen-bond acceptors (Lipinski definition) is 6. The Morgan fingerprint density at radius 2 is 1.93 bits per heavy atom. The van der Waals surface area contributed by atoms with Crippen molar-refractivity contribution < 1.29 is 24.0 Å². The van der Waals surface area contributed by atoms with Gasteiger partial charge in [0.05, 0.1) is 5.56 Å². The van der Waals surface area contributed by atoms with Crippen LogP contribution < -0.4 is 10.2 Å². The van der Waals surface area contributed by atoms with E-state index in [0.717, 1.165) is 11.2 Å². The molecule has 0 radical (unpaired) electrons. The first-order chi connectivity index (χ1) is 14.0. The van der Waals surface area contributed by atoms with Gasteiger partial charge >= 0.3 is 0 Å². The second-order valence-electron chi connectivity index (χ2n) is 7.12. The first-order valence-electron chi connectivity index (χ1n) is 9.71. The minimum absolute atomic E-state index is 0.0163. The molecule has 0 bridgehead atoms. The minimum Gasteiger partial charge on any atom is -0.371 e. The highest BCUT2D eigenvalue weighted by Gasteiger charge is 2.32. The van der Waals surface area contributed by atoms with Gasteiger partial charge < -0.3 is 19.8 Å². The van der Waals surface area contributed by atoms with Crippen LogP contribution in [-0.2, 0) is 19.2 Å². The van der Waals surface area contributed by atoms with Crippen LogP contribution in [0.15, 0.2) is 18.2 Å². The molecule has 1 aromatic rings. The van der Waals surface area contributed by atoms with Crippen LogP contribution in [0.4, 0.5) is 5.69 Å². The van der Waals surface area contributed by atoms with Crippen molar-refractivity contribution in [2.24, 2.45) is 5.92 Å². The summed E-state index contributed by atoms with van der Waals surface area (Å²) in [5, 5.41) is 2.45. The highest BCUT2D eigenvalue weighted by Crippen LogP contribution is 2.29. The van der Waals surface area contributed by atoms with Gasteiger partial charge in [-0.05, 0) is 37.8 Å². The smallest absolute Gasteiger partial charge is 0.263 e. The monoisotopic (exact) mass is 401 g/mol. The van der Waals surface area contributed by atoms with Gasteiger partial charge in [0.15, 0.2) is 0 Å². The molecule has 1 N–H and O–H groups in total. The van der Waals surface area contributed by atoms with Crippen molar-refractivity contribution >= 4 is 36.5 Å². The lowest BCUT2D eigenvalue weighted by atomic mass is 9.96. The first kappa shape index (κ1) is 22.3. The zero-order valence-corrected chi connectivity index (χ0v) is 16.8. The summed E-state index contributed by atoms with van der Waals surface area (Å²) < 4.78 is 0. The maximum atomic E-state index is 13.3. The van der Waals surface area contributed by atoms with Crippen molar-refractivity contribution in [1.82, 2.24) is 10.2 Å². The van der Waals surface area contributed by atoms with Gasteiger partial charge in [0.2, 0.25) is 12.3 Å². The molecule has 1 saturated heterocycles. The molecule has 156 valence electrons. The Balaban J connectivity index is 2.39. The maximum absolute atomic E-state index is 13.3. The van der Waals surface area contributed by atoms with Crippen LogP contribution >= 0.6 is 0 Å². The van der Waals surface area contributed by atoms with Crippen LogP contribution in [0, 0.1) is 12.8 Å². The van der Waals surface area contributed by atoms with E-state index in [9.17, 15) is 24.0 Å². The highest BCUT2D eigenvalue weighted by molar-refractivity contribution is 6.07. The molecule has 1 unspecified atom stereocenters. The molecule has 8 heteroatoms. The third kappa shape index (κ3) is 5.07. The minimum atomic E-state index is -1.07. The van der Waals surface area contributed by atoms with Gasteiger partial charge in [-0.1, -0.05) is 12.1 Å². The predicted molar refractivity (Wildman–Crippen MR) is 108 cm³/mol. The van der Waals surface area contributed by atoms with Crippen LogP contribution in [0.3, 0.4) is 0 Å². The highest BCUT2D eigenvalue weighted by atomic mass is 16.2. The van der Waals surface area contributed by atoms with Crippen LogP contribution in [-0.4, -0.2) is 61.9 Å². The number of amides is 3. The van der Waals surface area contributed by atoms with Crippen molar-refractivity contribution in [3.05, 3.63) is 29.3 Å². The molecule has 0 aromatic heterocycles. The quantitative estimate of drug-likeness (QED) is 0.622. The summed E-state index contributed by atoms with van der Waals surface area (Å²) in [6.45, 7) is 3.02. The van der Waals surface area contributed by atoms with Crippen molar-refractivity contribution in [3.63, 3.8) is 0 Å². The molecular formula is C21H27N3O5. The number of hydrogen-bond donors (Lipinski definition) is 1. The number of carbonyl (C=O) groups excluding carboxylic acids is 5. The lowest BCUT2D eigenvalue weighted by Gasteiger charge is -2.34. The number of likely N-dealkylation sites (N-methyl/N-ethyl adjacent to an activating group) is 1. The number of nitrogens with zero attached hydrogens (tertiary/aromatic N) is 2. The lowest BCUT2D eigenvalue weighted by Crippen LogP contribution is -2.49. The van der Waals surface area contributed by atoms with Crippen LogP contribution in [0.1, 0.15) is 41.6 Å². The summed E-state index contributed by atoms with van der Waals surface area (Å²) in [7, 11) is 1.42. The number of aldehydes is 2. The van der Waals surface area contributed by atoms with Gasteiger partial charge in [-0.25, -0.2) is 0 Å². The van der Waals surface area contributed by atoms with Crippen LogP contribution in [0.25, 0.3) is 0 Å². The van der Waals surface area contributed by atoms with Gasteiger partial charge in [-0.3, -0.25) is 19.3 Å². The molecule has 8 nitrogen and oxygen atoms in total. The number of aryl methyl sites for hydroxylation is 1. The number of rotatable bonds is 9. The molecular weight excluding hydrogens is 374 g/mol. The van der Waals surface area contributed by atoms with E-state index in [1.807, 2.05) is 17.0 Å². The Kier molecular flexibility index (Phi) is 8.06. The van der Waals surface area contributed by atoms with Gasteiger partial charge in [0.1, 0.15) is 18.6 Å². The Hall–Kier alpha value is -3.03. The molecule has 1 aromatic carbocycles. The second kappa shape index (κ2) is 10.5.